The van der Waals surface area contributed by atoms with Crippen LogP contribution in [-0.4, -0.2) is 24.2 Å². The first kappa shape index (κ1) is 11.1. The third-order valence-electron chi connectivity index (χ3n) is 1.93. The summed E-state index contributed by atoms with van der Waals surface area (Å²) >= 11 is 0. The maximum absolute atomic E-state index is 11.4. The second-order valence-corrected chi connectivity index (χ2v) is 3.05. The summed E-state index contributed by atoms with van der Waals surface area (Å²) in [6, 6.07) is 3.62. The molecular weight excluding hydrogens is 192 g/mol. The molecule has 0 spiro atoms. The van der Waals surface area contributed by atoms with E-state index in [-0.39, 0.29) is 5.91 Å². The Bertz CT molecular complexity index is 382. The Labute approximate surface area is 88.2 Å². The standard InChI is InChI=1S/C11H12N2O2/c1-9-5-6-10(8-12-9)13(2)11(15)4-3-7-14/h3-8H,1-2H3/b4-3-. The van der Waals surface area contributed by atoms with Crippen molar-refractivity contribution in [3.8, 4) is 0 Å². The highest BCUT2D eigenvalue weighted by atomic mass is 16.2. The Morgan fingerprint density at radius 1 is 1.47 bits per heavy atom. The van der Waals surface area contributed by atoms with Gasteiger partial charge in [0.25, 0.3) is 5.91 Å². The number of pyridine rings is 1. The molecule has 1 heterocycles. The zero-order valence-electron chi connectivity index (χ0n) is 8.68. The molecule has 4 heteroatoms. The van der Waals surface area contributed by atoms with Crippen molar-refractivity contribution in [3.05, 3.63) is 36.2 Å². The lowest BCUT2D eigenvalue weighted by Crippen LogP contribution is -2.24. The van der Waals surface area contributed by atoms with Gasteiger partial charge in [0.05, 0.1) is 11.9 Å². The lowest BCUT2D eigenvalue weighted by Gasteiger charge is -2.14. The minimum Gasteiger partial charge on any atom is -0.310 e. The average molecular weight is 204 g/mol. The second kappa shape index (κ2) is 5.05. The molecule has 78 valence electrons. The van der Waals surface area contributed by atoms with Crippen LogP contribution in [0.5, 0.6) is 0 Å². The first-order chi connectivity index (χ1) is 7.15. The Morgan fingerprint density at radius 2 is 2.20 bits per heavy atom. The average Bonchev–Trinajstić information content (AvgIpc) is 2.26. The Hall–Kier alpha value is -1.97. The monoisotopic (exact) mass is 204 g/mol. The number of aromatic nitrogens is 1. The van der Waals surface area contributed by atoms with Crippen LogP contribution in [0.1, 0.15) is 5.69 Å². The van der Waals surface area contributed by atoms with Crippen LogP contribution < -0.4 is 4.90 Å². The van der Waals surface area contributed by atoms with E-state index in [2.05, 4.69) is 4.98 Å². The van der Waals surface area contributed by atoms with Crippen molar-refractivity contribution in [1.29, 1.82) is 0 Å². The van der Waals surface area contributed by atoms with Gasteiger partial charge in [-0.3, -0.25) is 14.6 Å². The first-order valence-corrected chi connectivity index (χ1v) is 4.47. The van der Waals surface area contributed by atoms with E-state index < -0.39 is 0 Å². The van der Waals surface area contributed by atoms with Gasteiger partial charge >= 0.3 is 0 Å². The predicted molar refractivity (Wildman–Crippen MR) is 57.6 cm³/mol. The molecule has 0 radical (unpaired) electrons. The fourth-order valence-corrected chi connectivity index (χ4v) is 1.02. The normalized spacial score (nSPS) is 10.3. The summed E-state index contributed by atoms with van der Waals surface area (Å²) in [5.74, 6) is -0.257. The van der Waals surface area contributed by atoms with Crippen LogP contribution in [0.4, 0.5) is 5.69 Å². The summed E-state index contributed by atoms with van der Waals surface area (Å²) in [5, 5.41) is 0. The number of rotatable bonds is 3. The number of hydrogen-bond donors (Lipinski definition) is 0. The topological polar surface area (TPSA) is 50.3 Å². The highest BCUT2D eigenvalue weighted by Gasteiger charge is 2.06. The number of aldehydes is 1. The van der Waals surface area contributed by atoms with Crippen molar-refractivity contribution < 1.29 is 9.59 Å². The van der Waals surface area contributed by atoms with E-state index in [1.54, 1.807) is 19.3 Å². The third-order valence-corrected chi connectivity index (χ3v) is 1.93. The van der Waals surface area contributed by atoms with Gasteiger partial charge in [0.1, 0.15) is 6.29 Å². The van der Waals surface area contributed by atoms with Crippen LogP contribution in [0.15, 0.2) is 30.5 Å². The van der Waals surface area contributed by atoms with Gasteiger partial charge in [-0.25, -0.2) is 0 Å². The molecule has 0 atom stereocenters. The van der Waals surface area contributed by atoms with E-state index in [9.17, 15) is 9.59 Å². The van der Waals surface area contributed by atoms with Crippen molar-refractivity contribution in [3.63, 3.8) is 0 Å². The van der Waals surface area contributed by atoms with Gasteiger partial charge in [0.2, 0.25) is 0 Å². The maximum Gasteiger partial charge on any atom is 0.250 e. The lowest BCUT2D eigenvalue weighted by molar-refractivity contribution is -0.114. The third kappa shape index (κ3) is 3.02. The molecule has 1 aromatic heterocycles. The van der Waals surface area contributed by atoms with Crippen LogP contribution in [0.25, 0.3) is 0 Å². The van der Waals surface area contributed by atoms with Gasteiger partial charge in [0.15, 0.2) is 0 Å². The maximum atomic E-state index is 11.4. The largest absolute Gasteiger partial charge is 0.310 e. The molecule has 0 bridgehead atoms. The van der Waals surface area contributed by atoms with Crippen molar-refractivity contribution >= 4 is 17.9 Å². The first-order valence-electron chi connectivity index (χ1n) is 4.47. The van der Waals surface area contributed by atoms with Gasteiger partial charge < -0.3 is 4.90 Å². The molecular formula is C11H12N2O2. The highest BCUT2D eigenvalue weighted by molar-refractivity contribution is 6.02. The Balaban J connectivity index is 2.80. The van der Waals surface area contributed by atoms with Gasteiger partial charge in [-0.1, -0.05) is 0 Å². The fraction of sp³-hybridized carbons (Fsp3) is 0.182. The van der Waals surface area contributed by atoms with E-state index in [0.29, 0.717) is 12.0 Å². The summed E-state index contributed by atoms with van der Waals surface area (Å²) in [6.45, 7) is 1.87. The lowest BCUT2D eigenvalue weighted by atomic mass is 10.3. The SMILES string of the molecule is Cc1ccc(N(C)C(=O)/C=C\C=O)cn1. The molecule has 0 N–H and O–H groups in total. The molecule has 0 aliphatic carbocycles. The molecule has 0 unspecified atom stereocenters. The smallest absolute Gasteiger partial charge is 0.250 e. The molecule has 1 amide bonds. The summed E-state index contributed by atoms with van der Waals surface area (Å²) in [7, 11) is 1.63. The number of hydrogen-bond acceptors (Lipinski definition) is 3. The number of anilines is 1. The quantitative estimate of drug-likeness (QED) is 0.547. The van der Waals surface area contributed by atoms with Crippen molar-refractivity contribution in [2.75, 3.05) is 11.9 Å². The van der Waals surface area contributed by atoms with Crippen LogP contribution in [0.2, 0.25) is 0 Å². The van der Waals surface area contributed by atoms with Crippen LogP contribution in [-0.2, 0) is 9.59 Å². The van der Waals surface area contributed by atoms with Crippen LogP contribution in [0.3, 0.4) is 0 Å². The summed E-state index contributed by atoms with van der Waals surface area (Å²) < 4.78 is 0. The number of aryl methyl sites for hydroxylation is 1. The van der Waals surface area contributed by atoms with Gasteiger partial charge in [0, 0.05) is 18.8 Å². The van der Waals surface area contributed by atoms with Crippen molar-refractivity contribution in [1.82, 2.24) is 4.98 Å². The van der Waals surface area contributed by atoms with E-state index in [1.165, 1.54) is 17.1 Å². The second-order valence-electron chi connectivity index (χ2n) is 3.05. The number of carbonyl (C=O) groups excluding carboxylic acids is 2. The summed E-state index contributed by atoms with van der Waals surface area (Å²) in [6.07, 6.45) is 4.56. The summed E-state index contributed by atoms with van der Waals surface area (Å²) in [5.41, 5.74) is 1.59. The zero-order chi connectivity index (χ0) is 11.3. The molecule has 1 aromatic rings. The van der Waals surface area contributed by atoms with Crippen molar-refractivity contribution in [2.45, 2.75) is 6.92 Å². The highest BCUT2D eigenvalue weighted by Crippen LogP contribution is 2.11. The number of nitrogens with zero attached hydrogens (tertiary/aromatic N) is 2. The molecule has 0 aliphatic rings. The Morgan fingerprint density at radius 3 is 2.73 bits per heavy atom. The predicted octanol–water partition coefficient (Wildman–Crippen LogP) is 1.11. The molecule has 0 aliphatic heterocycles. The summed E-state index contributed by atoms with van der Waals surface area (Å²) in [4.78, 5) is 27.0. The number of allylic oxidation sites excluding steroid dienone is 1. The van der Waals surface area contributed by atoms with Gasteiger partial charge in [-0.05, 0) is 25.1 Å². The Kier molecular flexibility index (Phi) is 3.74. The van der Waals surface area contributed by atoms with E-state index in [1.807, 2.05) is 13.0 Å². The van der Waals surface area contributed by atoms with Gasteiger partial charge in [-0.15, -0.1) is 0 Å². The molecule has 0 aromatic carbocycles. The molecule has 0 saturated carbocycles. The fourth-order valence-electron chi connectivity index (χ4n) is 1.02. The zero-order valence-corrected chi connectivity index (χ0v) is 8.68. The van der Waals surface area contributed by atoms with Crippen LogP contribution in [0, 0.1) is 6.92 Å². The number of likely N-dealkylation sites (N-methyl/N-ethyl adjacent to an activating group) is 1. The number of carbonyl (C=O) groups is 2. The van der Waals surface area contributed by atoms with Crippen molar-refractivity contribution in [2.24, 2.45) is 0 Å². The molecule has 0 saturated heterocycles. The molecule has 0 fully saturated rings. The molecule has 1 rings (SSSR count). The van der Waals surface area contributed by atoms with E-state index >= 15 is 0 Å². The minimum absolute atomic E-state index is 0.257. The molecule has 4 nitrogen and oxygen atoms in total. The number of amides is 1. The minimum atomic E-state index is -0.257. The van der Waals surface area contributed by atoms with Crippen LogP contribution >= 0.6 is 0 Å². The van der Waals surface area contributed by atoms with Gasteiger partial charge in [-0.2, -0.15) is 0 Å². The van der Waals surface area contributed by atoms with E-state index in [0.717, 1.165) is 5.69 Å². The van der Waals surface area contributed by atoms with E-state index in [4.69, 9.17) is 0 Å². The molecule has 15 heavy (non-hydrogen) atoms.